The van der Waals surface area contributed by atoms with Crippen LogP contribution in [0.3, 0.4) is 0 Å². The van der Waals surface area contributed by atoms with Crippen molar-refractivity contribution in [2.75, 3.05) is 19.7 Å². The first-order valence-electron chi connectivity index (χ1n) is 9.88. The maximum atomic E-state index is 12.7. The van der Waals surface area contributed by atoms with E-state index < -0.39 is 0 Å². The molecule has 2 heterocycles. The summed E-state index contributed by atoms with van der Waals surface area (Å²) >= 11 is 0. The Labute approximate surface area is 161 Å². The topological polar surface area (TPSA) is 38.8 Å². The van der Waals surface area contributed by atoms with Crippen molar-refractivity contribution in [1.82, 2.24) is 4.90 Å². The van der Waals surface area contributed by atoms with Crippen molar-refractivity contribution in [2.24, 2.45) is 0 Å². The summed E-state index contributed by atoms with van der Waals surface area (Å²) in [5, 5.41) is 0. The van der Waals surface area contributed by atoms with Gasteiger partial charge < -0.3 is 14.4 Å². The normalized spacial score (nSPS) is 21.9. The van der Waals surface area contributed by atoms with Gasteiger partial charge in [-0.15, -0.1) is 0 Å². The molecule has 2 aromatic rings. The Balaban J connectivity index is 1.31. The molecule has 0 aliphatic carbocycles. The summed E-state index contributed by atoms with van der Waals surface area (Å²) in [6.45, 7) is 2.89. The van der Waals surface area contributed by atoms with Crippen molar-refractivity contribution < 1.29 is 14.3 Å². The minimum atomic E-state index is -0.132. The molecular formula is C23H27NO3. The Hall–Kier alpha value is -2.17. The van der Waals surface area contributed by atoms with E-state index in [1.54, 1.807) is 0 Å². The van der Waals surface area contributed by atoms with Crippen LogP contribution in [0.1, 0.15) is 41.6 Å². The van der Waals surface area contributed by atoms with E-state index >= 15 is 0 Å². The highest BCUT2D eigenvalue weighted by molar-refractivity contribution is 5.94. The van der Waals surface area contributed by atoms with Crippen LogP contribution in [0.25, 0.3) is 0 Å². The second-order valence-corrected chi connectivity index (χ2v) is 7.60. The lowest BCUT2D eigenvalue weighted by Gasteiger charge is -2.46. The molecule has 4 rings (SSSR count). The number of ether oxygens (including phenoxy) is 2. The van der Waals surface area contributed by atoms with Crippen molar-refractivity contribution >= 4 is 5.91 Å². The average Bonchev–Trinajstić information content (AvgIpc) is 2.74. The van der Waals surface area contributed by atoms with Gasteiger partial charge in [0.05, 0.1) is 18.3 Å². The molecule has 2 aliphatic heterocycles. The molecule has 1 spiro atoms. The molecule has 1 amide bonds. The van der Waals surface area contributed by atoms with Crippen LogP contribution < -0.4 is 0 Å². The molecular weight excluding hydrogens is 338 g/mol. The molecule has 2 aliphatic rings. The number of benzene rings is 2. The maximum Gasteiger partial charge on any atom is 0.253 e. The molecule has 0 N–H and O–H groups in total. The molecule has 0 bridgehead atoms. The fourth-order valence-electron chi connectivity index (χ4n) is 4.14. The van der Waals surface area contributed by atoms with E-state index in [0.717, 1.165) is 50.9 Å². The first kappa shape index (κ1) is 18.2. The van der Waals surface area contributed by atoms with Crippen LogP contribution in [0.15, 0.2) is 60.7 Å². The van der Waals surface area contributed by atoms with Crippen LogP contribution >= 0.6 is 0 Å². The van der Waals surface area contributed by atoms with Gasteiger partial charge in [-0.3, -0.25) is 4.79 Å². The van der Waals surface area contributed by atoms with Gasteiger partial charge in [0.2, 0.25) is 0 Å². The Morgan fingerprint density at radius 3 is 2.41 bits per heavy atom. The van der Waals surface area contributed by atoms with E-state index in [1.807, 2.05) is 53.4 Å². The van der Waals surface area contributed by atoms with Gasteiger partial charge in [0.1, 0.15) is 0 Å². The monoisotopic (exact) mass is 365 g/mol. The highest BCUT2D eigenvalue weighted by Crippen LogP contribution is 2.36. The molecule has 0 aromatic heterocycles. The summed E-state index contributed by atoms with van der Waals surface area (Å²) in [5.74, 6) is 0.123. The highest BCUT2D eigenvalue weighted by atomic mass is 16.5. The third-order valence-electron chi connectivity index (χ3n) is 5.76. The quantitative estimate of drug-likeness (QED) is 0.820. The van der Waals surface area contributed by atoms with E-state index in [1.165, 1.54) is 5.56 Å². The van der Waals surface area contributed by atoms with Crippen molar-refractivity contribution in [1.29, 1.82) is 0 Å². The lowest BCUT2D eigenvalue weighted by atomic mass is 9.83. The van der Waals surface area contributed by atoms with E-state index in [2.05, 4.69) is 12.1 Å². The summed E-state index contributed by atoms with van der Waals surface area (Å²) in [6, 6.07) is 19.9. The number of piperidine rings is 1. The zero-order valence-corrected chi connectivity index (χ0v) is 15.7. The largest absolute Gasteiger partial charge is 0.375 e. The van der Waals surface area contributed by atoms with Crippen molar-refractivity contribution in [3.63, 3.8) is 0 Å². The van der Waals surface area contributed by atoms with Crippen LogP contribution in [0.2, 0.25) is 0 Å². The Morgan fingerprint density at radius 2 is 1.70 bits per heavy atom. The summed E-state index contributed by atoms with van der Waals surface area (Å²) in [5.41, 5.74) is 1.84. The van der Waals surface area contributed by atoms with Crippen LogP contribution in [0.4, 0.5) is 0 Å². The number of carbonyl (C=O) groups excluding carboxylic acids is 1. The van der Waals surface area contributed by atoms with E-state index in [-0.39, 0.29) is 17.6 Å². The fourth-order valence-corrected chi connectivity index (χ4v) is 4.14. The van der Waals surface area contributed by atoms with Crippen molar-refractivity contribution in [2.45, 2.75) is 44.0 Å². The first-order valence-corrected chi connectivity index (χ1v) is 9.88. The molecule has 2 fully saturated rings. The van der Waals surface area contributed by atoms with Gasteiger partial charge >= 0.3 is 0 Å². The van der Waals surface area contributed by atoms with Crippen molar-refractivity contribution in [3.05, 3.63) is 71.8 Å². The van der Waals surface area contributed by atoms with E-state index in [9.17, 15) is 4.79 Å². The first-order chi connectivity index (χ1) is 13.2. The zero-order valence-electron chi connectivity index (χ0n) is 15.7. The lowest BCUT2D eigenvalue weighted by Crippen LogP contribution is -2.52. The maximum absolute atomic E-state index is 12.7. The van der Waals surface area contributed by atoms with Crippen molar-refractivity contribution in [3.8, 4) is 0 Å². The molecule has 4 heteroatoms. The van der Waals surface area contributed by atoms with E-state index in [0.29, 0.717) is 6.61 Å². The molecule has 2 saturated heterocycles. The molecule has 4 nitrogen and oxygen atoms in total. The van der Waals surface area contributed by atoms with Crippen LogP contribution in [-0.2, 0) is 16.1 Å². The van der Waals surface area contributed by atoms with Gasteiger partial charge in [0, 0.05) is 31.7 Å². The number of amides is 1. The molecule has 0 radical (unpaired) electrons. The third-order valence-corrected chi connectivity index (χ3v) is 5.76. The molecule has 142 valence electrons. The minimum absolute atomic E-state index is 0.123. The number of hydrogen-bond donors (Lipinski definition) is 0. The smallest absolute Gasteiger partial charge is 0.253 e. The molecule has 1 unspecified atom stereocenters. The number of carbonyl (C=O) groups is 1. The molecule has 1 atom stereocenters. The summed E-state index contributed by atoms with van der Waals surface area (Å²) in [4.78, 5) is 14.6. The Bertz CT molecular complexity index is 739. The fraction of sp³-hybridized carbons (Fsp3) is 0.435. The summed E-state index contributed by atoms with van der Waals surface area (Å²) < 4.78 is 12.4. The van der Waals surface area contributed by atoms with Gasteiger partial charge in [0.25, 0.3) is 5.91 Å². The predicted molar refractivity (Wildman–Crippen MR) is 105 cm³/mol. The third kappa shape index (κ3) is 4.40. The molecule has 0 saturated carbocycles. The van der Waals surface area contributed by atoms with Crippen LogP contribution in [0, 0.1) is 0 Å². The highest BCUT2D eigenvalue weighted by Gasteiger charge is 2.41. The Kier molecular flexibility index (Phi) is 5.55. The van der Waals surface area contributed by atoms with Gasteiger partial charge in [-0.2, -0.15) is 0 Å². The number of hydrogen-bond acceptors (Lipinski definition) is 3. The SMILES string of the molecule is O=C(c1ccccc1)N1CCC2(CC1)CC(OCc1ccccc1)CCO2. The van der Waals surface area contributed by atoms with E-state index in [4.69, 9.17) is 9.47 Å². The Morgan fingerprint density at radius 1 is 1.04 bits per heavy atom. The van der Waals surface area contributed by atoms with Crippen LogP contribution in [0.5, 0.6) is 0 Å². The number of likely N-dealkylation sites (tertiary alicyclic amines) is 1. The lowest BCUT2D eigenvalue weighted by molar-refractivity contribution is -0.154. The minimum Gasteiger partial charge on any atom is -0.375 e. The average molecular weight is 365 g/mol. The van der Waals surface area contributed by atoms with Gasteiger partial charge in [-0.1, -0.05) is 48.5 Å². The number of rotatable bonds is 4. The van der Waals surface area contributed by atoms with Gasteiger partial charge in [-0.05, 0) is 37.0 Å². The second-order valence-electron chi connectivity index (χ2n) is 7.60. The molecule has 27 heavy (non-hydrogen) atoms. The zero-order chi connectivity index (χ0) is 18.5. The molecule has 2 aromatic carbocycles. The standard InChI is InChI=1S/C23H27NO3/c25-22(20-9-5-2-6-10-20)24-14-12-23(13-15-24)17-21(11-16-27-23)26-18-19-7-3-1-4-8-19/h1-10,21H,11-18H2. The number of nitrogens with zero attached hydrogens (tertiary/aromatic N) is 1. The van der Waals surface area contributed by atoms with Gasteiger partial charge in [0.15, 0.2) is 0 Å². The van der Waals surface area contributed by atoms with Crippen LogP contribution in [-0.4, -0.2) is 42.2 Å². The summed E-state index contributed by atoms with van der Waals surface area (Å²) in [6.07, 6.45) is 3.87. The second kappa shape index (κ2) is 8.24. The summed E-state index contributed by atoms with van der Waals surface area (Å²) in [7, 11) is 0. The predicted octanol–water partition coefficient (Wildman–Crippen LogP) is 4.06. The van der Waals surface area contributed by atoms with Gasteiger partial charge in [-0.25, -0.2) is 0 Å².